The Morgan fingerprint density at radius 1 is 1.11 bits per heavy atom. The van der Waals surface area contributed by atoms with E-state index in [1.54, 1.807) is 0 Å². The normalized spacial score (nSPS) is 12.7. The molecule has 3 heteroatoms. The van der Waals surface area contributed by atoms with Crippen LogP contribution in [0, 0.1) is 6.92 Å². The molecule has 0 radical (unpaired) electrons. The molecule has 1 aromatic rings. The molecule has 0 aromatic heterocycles. The van der Waals surface area contributed by atoms with Crippen LogP contribution < -0.4 is 0 Å². The zero-order valence-electron chi connectivity index (χ0n) is 12.3. The molecule has 0 unspecified atom stereocenters. The van der Waals surface area contributed by atoms with Crippen molar-refractivity contribution < 1.29 is 4.74 Å². The number of benzene rings is 1. The second-order valence-electron chi connectivity index (χ2n) is 6.13. The Kier molecular flexibility index (Phi) is 6.16. The Labute approximate surface area is 127 Å². The molecule has 0 saturated carbocycles. The minimum atomic E-state index is -0.208. The monoisotopic (exact) mass is 302 g/mol. The van der Waals surface area contributed by atoms with Crippen molar-refractivity contribution in [1.29, 1.82) is 0 Å². The van der Waals surface area contributed by atoms with E-state index in [0.29, 0.717) is 18.4 Å². The van der Waals surface area contributed by atoms with Crippen LogP contribution in [0.1, 0.15) is 38.3 Å². The van der Waals surface area contributed by atoms with Gasteiger partial charge in [-0.05, 0) is 39.7 Å². The maximum Gasteiger partial charge on any atom is 0.0598 e. The largest absolute Gasteiger partial charge is 0.376 e. The van der Waals surface area contributed by atoms with Crippen LogP contribution >= 0.6 is 23.2 Å². The topological polar surface area (TPSA) is 9.23 Å². The summed E-state index contributed by atoms with van der Waals surface area (Å²) in [5, 5.41) is 0. The Morgan fingerprint density at radius 2 is 1.74 bits per heavy atom. The van der Waals surface area contributed by atoms with Crippen LogP contribution in [0.2, 0.25) is 0 Å². The highest BCUT2D eigenvalue weighted by molar-refractivity contribution is 6.22. The molecule has 0 spiro atoms. The van der Waals surface area contributed by atoms with Crippen molar-refractivity contribution in [3.8, 4) is 0 Å². The van der Waals surface area contributed by atoms with Crippen molar-refractivity contribution in [2.75, 3.05) is 18.4 Å². The standard InChI is InChI=1S/C16H24Cl2O/c1-13-6-5-7-14(10-13)16(11-17,12-18)8-9-19-15(2,3)4/h5-7,10H,8-9,11-12H2,1-4H3. The Morgan fingerprint density at radius 3 is 2.21 bits per heavy atom. The van der Waals surface area contributed by atoms with Crippen molar-refractivity contribution >= 4 is 23.2 Å². The van der Waals surface area contributed by atoms with E-state index >= 15 is 0 Å². The third-order valence-electron chi connectivity index (χ3n) is 3.26. The number of hydrogen-bond acceptors (Lipinski definition) is 1. The summed E-state index contributed by atoms with van der Waals surface area (Å²) in [6, 6.07) is 8.42. The number of rotatable bonds is 6. The first-order valence-corrected chi connectivity index (χ1v) is 7.73. The fraction of sp³-hybridized carbons (Fsp3) is 0.625. The van der Waals surface area contributed by atoms with Crippen LogP contribution in [0.15, 0.2) is 24.3 Å². The maximum atomic E-state index is 6.22. The SMILES string of the molecule is Cc1cccc(C(CCl)(CCl)CCOC(C)(C)C)c1. The van der Waals surface area contributed by atoms with Crippen LogP contribution in [0.5, 0.6) is 0 Å². The molecule has 0 amide bonds. The summed E-state index contributed by atoms with van der Waals surface area (Å²) in [5.74, 6) is 1.01. The molecule has 0 fully saturated rings. The molecule has 0 aliphatic rings. The summed E-state index contributed by atoms with van der Waals surface area (Å²) in [4.78, 5) is 0. The van der Waals surface area contributed by atoms with E-state index in [2.05, 4.69) is 52.0 Å². The smallest absolute Gasteiger partial charge is 0.0598 e. The lowest BCUT2D eigenvalue weighted by atomic mass is 9.81. The van der Waals surface area contributed by atoms with Gasteiger partial charge in [0.1, 0.15) is 0 Å². The van der Waals surface area contributed by atoms with Gasteiger partial charge in [-0.2, -0.15) is 0 Å². The summed E-state index contributed by atoms with van der Waals surface area (Å²) < 4.78 is 5.82. The zero-order valence-corrected chi connectivity index (χ0v) is 13.8. The van der Waals surface area contributed by atoms with Crippen LogP contribution in [-0.4, -0.2) is 24.0 Å². The van der Waals surface area contributed by atoms with Gasteiger partial charge in [0.15, 0.2) is 0 Å². The van der Waals surface area contributed by atoms with E-state index < -0.39 is 0 Å². The van der Waals surface area contributed by atoms with E-state index in [4.69, 9.17) is 27.9 Å². The second-order valence-corrected chi connectivity index (χ2v) is 6.66. The third kappa shape index (κ3) is 4.98. The van der Waals surface area contributed by atoms with Crippen molar-refractivity contribution in [3.63, 3.8) is 0 Å². The average Bonchev–Trinajstić information content (AvgIpc) is 2.34. The van der Waals surface area contributed by atoms with E-state index in [0.717, 1.165) is 6.42 Å². The Bertz CT molecular complexity index is 392. The van der Waals surface area contributed by atoms with Crippen molar-refractivity contribution in [1.82, 2.24) is 0 Å². The lowest BCUT2D eigenvalue weighted by molar-refractivity contribution is -0.00964. The molecule has 0 atom stereocenters. The molecule has 0 N–H and O–H groups in total. The van der Waals surface area contributed by atoms with Gasteiger partial charge in [0.2, 0.25) is 0 Å². The molecule has 1 aromatic carbocycles. The van der Waals surface area contributed by atoms with E-state index in [1.807, 2.05) is 0 Å². The second kappa shape index (κ2) is 6.97. The molecule has 0 aliphatic carbocycles. The number of ether oxygens (including phenoxy) is 1. The van der Waals surface area contributed by atoms with Gasteiger partial charge in [-0.1, -0.05) is 29.8 Å². The number of alkyl halides is 2. The number of halogens is 2. The highest BCUT2D eigenvalue weighted by Crippen LogP contribution is 2.32. The number of aryl methyl sites for hydroxylation is 1. The Hall–Kier alpha value is -0.240. The van der Waals surface area contributed by atoms with Crippen LogP contribution in [-0.2, 0) is 10.2 Å². The Balaban J connectivity index is 2.85. The first-order valence-electron chi connectivity index (χ1n) is 6.66. The molecule has 0 bridgehead atoms. The zero-order chi connectivity index (χ0) is 14.5. The van der Waals surface area contributed by atoms with E-state index in [-0.39, 0.29) is 11.0 Å². The van der Waals surface area contributed by atoms with Gasteiger partial charge in [0.05, 0.1) is 5.60 Å². The quantitative estimate of drug-likeness (QED) is 0.678. The predicted molar refractivity (Wildman–Crippen MR) is 84.6 cm³/mol. The van der Waals surface area contributed by atoms with Crippen molar-refractivity contribution in [2.45, 2.75) is 45.1 Å². The summed E-state index contributed by atoms with van der Waals surface area (Å²) in [7, 11) is 0. The van der Waals surface area contributed by atoms with E-state index in [9.17, 15) is 0 Å². The van der Waals surface area contributed by atoms with Gasteiger partial charge >= 0.3 is 0 Å². The van der Waals surface area contributed by atoms with Crippen LogP contribution in [0.3, 0.4) is 0 Å². The molecule has 0 saturated heterocycles. The lowest BCUT2D eigenvalue weighted by Gasteiger charge is -2.32. The third-order valence-corrected chi connectivity index (χ3v) is 4.28. The van der Waals surface area contributed by atoms with Gasteiger partial charge in [-0.15, -0.1) is 23.2 Å². The van der Waals surface area contributed by atoms with Gasteiger partial charge in [-0.3, -0.25) is 0 Å². The molecule has 108 valence electrons. The molecule has 0 heterocycles. The van der Waals surface area contributed by atoms with Crippen LogP contribution in [0.25, 0.3) is 0 Å². The molecule has 19 heavy (non-hydrogen) atoms. The first-order chi connectivity index (χ1) is 8.83. The minimum Gasteiger partial charge on any atom is -0.376 e. The minimum absolute atomic E-state index is 0.128. The fourth-order valence-corrected chi connectivity index (χ4v) is 2.86. The van der Waals surface area contributed by atoms with Crippen molar-refractivity contribution in [3.05, 3.63) is 35.4 Å². The van der Waals surface area contributed by atoms with Gasteiger partial charge in [-0.25, -0.2) is 0 Å². The number of hydrogen-bond donors (Lipinski definition) is 0. The molecule has 1 rings (SSSR count). The molecular formula is C16H24Cl2O. The first kappa shape index (κ1) is 16.8. The highest BCUT2D eigenvalue weighted by Gasteiger charge is 2.31. The fourth-order valence-electron chi connectivity index (χ4n) is 2.00. The summed E-state index contributed by atoms with van der Waals surface area (Å²) in [6.45, 7) is 8.92. The maximum absolute atomic E-state index is 6.22. The summed E-state index contributed by atoms with van der Waals surface area (Å²) in [6.07, 6.45) is 0.834. The van der Waals surface area contributed by atoms with Gasteiger partial charge < -0.3 is 4.74 Å². The summed E-state index contributed by atoms with van der Waals surface area (Å²) in [5.41, 5.74) is 2.10. The van der Waals surface area contributed by atoms with Gasteiger partial charge in [0, 0.05) is 23.8 Å². The molecular weight excluding hydrogens is 279 g/mol. The van der Waals surface area contributed by atoms with E-state index in [1.165, 1.54) is 11.1 Å². The molecule has 0 aliphatic heterocycles. The van der Waals surface area contributed by atoms with Crippen molar-refractivity contribution in [2.24, 2.45) is 0 Å². The van der Waals surface area contributed by atoms with Gasteiger partial charge in [0.25, 0.3) is 0 Å². The predicted octanol–water partition coefficient (Wildman–Crippen LogP) is 4.92. The molecule has 1 nitrogen and oxygen atoms in total. The van der Waals surface area contributed by atoms with Crippen LogP contribution in [0.4, 0.5) is 0 Å². The highest BCUT2D eigenvalue weighted by atomic mass is 35.5. The summed E-state index contributed by atoms with van der Waals surface area (Å²) >= 11 is 12.4. The average molecular weight is 303 g/mol. The lowest BCUT2D eigenvalue weighted by Crippen LogP contribution is -2.34.